The Morgan fingerprint density at radius 2 is 2.12 bits per heavy atom. The molecule has 1 aromatic rings. The molecule has 92 valence electrons. The van der Waals surface area contributed by atoms with E-state index in [0.29, 0.717) is 11.3 Å². The van der Waals surface area contributed by atoms with Gasteiger partial charge in [0.15, 0.2) is 6.10 Å². The highest BCUT2D eigenvalue weighted by molar-refractivity contribution is 5.88. The number of carbonyl (C=O) groups is 2. The van der Waals surface area contributed by atoms with E-state index in [-0.39, 0.29) is 6.42 Å². The zero-order valence-electron chi connectivity index (χ0n) is 9.54. The van der Waals surface area contributed by atoms with Gasteiger partial charge < -0.3 is 14.6 Å². The van der Waals surface area contributed by atoms with Gasteiger partial charge in [-0.05, 0) is 12.1 Å². The maximum atomic E-state index is 11.1. The van der Waals surface area contributed by atoms with Crippen molar-refractivity contribution in [1.29, 1.82) is 0 Å². The summed E-state index contributed by atoms with van der Waals surface area (Å²) in [6, 6.07) is 3.10. The number of esters is 1. The van der Waals surface area contributed by atoms with Gasteiger partial charge in [0.1, 0.15) is 0 Å². The highest BCUT2D eigenvalue weighted by Crippen LogP contribution is 2.06. The predicted octanol–water partition coefficient (Wildman–Crippen LogP) is 0.510. The monoisotopic (exact) mass is 239 g/mol. The number of hydrogen-bond donors (Lipinski definition) is 1. The number of pyridine rings is 1. The molecule has 0 aliphatic rings. The van der Waals surface area contributed by atoms with Crippen molar-refractivity contribution in [3.05, 3.63) is 29.6 Å². The van der Waals surface area contributed by atoms with Crippen molar-refractivity contribution < 1.29 is 24.2 Å². The zero-order chi connectivity index (χ0) is 12.8. The van der Waals surface area contributed by atoms with Gasteiger partial charge in [-0.25, -0.2) is 9.59 Å². The van der Waals surface area contributed by atoms with Crippen molar-refractivity contribution in [3.8, 4) is 0 Å². The second-order valence-corrected chi connectivity index (χ2v) is 3.30. The van der Waals surface area contributed by atoms with Crippen molar-refractivity contribution in [2.75, 3.05) is 14.2 Å². The van der Waals surface area contributed by atoms with E-state index in [9.17, 15) is 9.59 Å². The Kier molecular flexibility index (Phi) is 4.59. The molecule has 0 bridgehead atoms. The summed E-state index contributed by atoms with van der Waals surface area (Å²) >= 11 is 0. The number of hydrogen-bond acceptors (Lipinski definition) is 5. The summed E-state index contributed by atoms with van der Waals surface area (Å²) in [6.45, 7) is 0. The maximum absolute atomic E-state index is 11.1. The molecule has 0 aromatic carbocycles. The van der Waals surface area contributed by atoms with E-state index in [1.54, 1.807) is 6.07 Å². The normalized spacial score (nSPS) is 11.9. The summed E-state index contributed by atoms with van der Waals surface area (Å²) < 4.78 is 9.30. The number of carboxylic acids is 1. The molecule has 6 nitrogen and oxygen atoms in total. The average Bonchev–Trinajstić information content (AvgIpc) is 2.35. The fourth-order valence-corrected chi connectivity index (χ4v) is 1.25. The van der Waals surface area contributed by atoms with Crippen LogP contribution >= 0.6 is 0 Å². The van der Waals surface area contributed by atoms with E-state index < -0.39 is 18.0 Å². The minimum atomic E-state index is -1.05. The van der Waals surface area contributed by atoms with Gasteiger partial charge >= 0.3 is 11.9 Å². The van der Waals surface area contributed by atoms with Crippen molar-refractivity contribution >= 4 is 11.9 Å². The van der Waals surface area contributed by atoms with Crippen LogP contribution in [0.1, 0.15) is 16.1 Å². The highest BCUT2D eigenvalue weighted by Gasteiger charge is 2.17. The lowest BCUT2D eigenvalue weighted by molar-refractivity contribution is -0.148. The molecule has 0 amide bonds. The van der Waals surface area contributed by atoms with Gasteiger partial charge in [-0.15, -0.1) is 0 Å². The lowest BCUT2D eigenvalue weighted by Gasteiger charge is -2.09. The molecule has 1 atom stereocenters. The fourth-order valence-electron chi connectivity index (χ4n) is 1.25. The molecule has 1 aromatic heterocycles. The number of carbonyl (C=O) groups excluding carboxylic acids is 1. The molecule has 6 heteroatoms. The number of aliphatic carboxylic acids is 1. The van der Waals surface area contributed by atoms with Gasteiger partial charge in [-0.1, -0.05) is 0 Å². The van der Waals surface area contributed by atoms with Gasteiger partial charge in [0.25, 0.3) is 0 Å². The quantitative estimate of drug-likeness (QED) is 0.753. The van der Waals surface area contributed by atoms with Crippen LogP contribution in [0.4, 0.5) is 0 Å². The lowest BCUT2D eigenvalue weighted by Crippen LogP contribution is -2.25. The third-order valence-corrected chi connectivity index (χ3v) is 2.20. The van der Waals surface area contributed by atoms with Crippen LogP contribution in [0.25, 0.3) is 0 Å². The number of rotatable bonds is 5. The van der Waals surface area contributed by atoms with Crippen molar-refractivity contribution in [1.82, 2.24) is 4.98 Å². The molecule has 17 heavy (non-hydrogen) atoms. The van der Waals surface area contributed by atoms with Crippen LogP contribution in [0.2, 0.25) is 0 Å². The molecule has 1 rings (SSSR count). The summed E-state index contributed by atoms with van der Waals surface area (Å²) in [4.78, 5) is 25.8. The van der Waals surface area contributed by atoms with Gasteiger partial charge in [0.2, 0.25) is 0 Å². The molecule has 0 radical (unpaired) electrons. The lowest BCUT2D eigenvalue weighted by atomic mass is 10.1. The minimum absolute atomic E-state index is 0.146. The first kappa shape index (κ1) is 13.1. The van der Waals surface area contributed by atoms with Gasteiger partial charge in [0.05, 0.1) is 12.7 Å². The molecule has 0 aliphatic heterocycles. The Bertz CT molecular complexity index is 401. The van der Waals surface area contributed by atoms with Gasteiger partial charge in [-0.2, -0.15) is 0 Å². The third kappa shape index (κ3) is 3.53. The Labute approximate surface area is 98.2 Å². The molecular formula is C11H13NO5. The maximum Gasteiger partial charge on any atom is 0.339 e. The van der Waals surface area contributed by atoms with Gasteiger partial charge in [-0.3, -0.25) is 4.98 Å². The molecule has 0 saturated heterocycles. The van der Waals surface area contributed by atoms with E-state index >= 15 is 0 Å². The molecule has 0 fully saturated rings. The van der Waals surface area contributed by atoms with Crippen LogP contribution in [0.3, 0.4) is 0 Å². The predicted molar refractivity (Wildman–Crippen MR) is 57.7 cm³/mol. The van der Waals surface area contributed by atoms with Crippen LogP contribution in [-0.2, 0) is 20.7 Å². The Balaban J connectivity index is 2.74. The summed E-state index contributed by atoms with van der Waals surface area (Å²) in [5, 5.41) is 8.79. The SMILES string of the molecule is COC(=O)c1ccc(CC(OC)C(=O)O)nc1. The number of ether oxygens (including phenoxy) is 2. The Morgan fingerprint density at radius 1 is 1.41 bits per heavy atom. The second-order valence-electron chi connectivity index (χ2n) is 3.30. The van der Waals surface area contributed by atoms with E-state index in [2.05, 4.69) is 9.72 Å². The van der Waals surface area contributed by atoms with E-state index in [1.807, 2.05) is 0 Å². The largest absolute Gasteiger partial charge is 0.479 e. The van der Waals surface area contributed by atoms with Crippen LogP contribution in [-0.4, -0.2) is 42.4 Å². The smallest absolute Gasteiger partial charge is 0.339 e. The molecule has 1 heterocycles. The first-order valence-electron chi connectivity index (χ1n) is 4.87. The Hall–Kier alpha value is -1.95. The molecule has 1 unspecified atom stereocenters. The zero-order valence-corrected chi connectivity index (χ0v) is 9.54. The molecule has 0 aliphatic carbocycles. The molecule has 0 saturated carbocycles. The van der Waals surface area contributed by atoms with Crippen molar-refractivity contribution in [3.63, 3.8) is 0 Å². The van der Waals surface area contributed by atoms with Crippen LogP contribution in [0.5, 0.6) is 0 Å². The topological polar surface area (TPSA) is 85.7 Å². The van der Waals surface area contributed by atoms with E-state index in [0.717, 1.165) is 0 Å². The Morgan fingerprint density at radius 3 is 2.53 bits per heavy atom. The average molecular weight is 239 g/mol. The fraction of sp³-hybridized carbons (Fsp3) is 0.364. The number of nitrogens with zero attached hydrogens (tertiary/aromatic N) is 1. The van der Waals surface area contributed by atoms with E-state index in [4.69, 9.17) is 9.84 Å². The molecule has 1 N–H and O–H groups in total. The van der Waals surface area contributed by atoms with Gasteiger partial charge in [0, 0.05) is 25.4 Å². The summed E-state index contributed by atoms with van der Waals surface area (Å²) in [7, 11) is 2.60. The molecular weight excluding hydrogens is 226 g/mol. The number of carboxylic acid groups (broad SMARTS) is 1. The first-order valence-corrected chi connectivity index (χ1v) is 4.87. The standard InChI is InChI=1S/C11H13NO5/c1-16-9(10(13)14)5-8-4-3-7(6-12-8)11(15)17-2/h3-4,6,9H,5H2,1-2H3,(H,13,14). The third-order valence-electron chi connectivity index (χ3n) is 2.20. The number of methoxy groups -OCH3 is 2. The summed E-state index contributed by atoms with van der Waals surface area (Å²) in [5.41, 5.74) is 0.854. The van der Waals surface area contributed by atoms with Crippen LogP contribution in [0.15, 0.2) is 18.3 Å². The van der Waals surface area contributed by atoms with Crippen molar-refractivity contribution in [2.24, 2.45) is 0 Å². The van der Waals surface area contributed by atoms with Crippen LogP contribution < -0.4 is 0 Å². The van der Waals surface area contributed by atoms with E-state index in [1.165, 1.54) is 26.5 Å². The highest BCUT2D eigenvalue weighted by atomic mass is 16.5. The molecule has 0 spiro atoms. The second kappa shape index (κ2) is 5.95. The first-order chi connectivity index (χ1) is 8.08. The van der Waals surface area contributed by atoms with Crippen molar-refractivity contribution in [2.45, 2.75) is 12.5 Å². The minimum Gasteiger partial charge on any atom is -0.479 e. The number of aromatic nitrogens is 1. The summed E-state index contributed by atoms with van der Waals surface area (Å²) in [5.74, 6) is -1.53. The summed E-state index contributed by atoms with van der Waals surface area (Å²) in [6.07, 6.45) is 0.551. The van der Waals surface area contributed by atoms with Crippen LogP contribution in [0, 0.1) is 0 Å².